The summed E-state index contributed by atoms with van der Waals surface area (Å²) in [4.78, 5) is 18.8. The van der Waals surface area contributed by atoms with E-state index in [0.29, 0.717) is 23.8 Å². The quantitative estimate of drug-likeness (QED) is 0.448. The molecule has 3 aromatic rings. The van der Waals surface area contributed by atoms with Crippen LogP contribution in [0, 0.1) is 0 Å². The van der Waals surface area contributed by atoms with Gasteiger partial charge in [-0.2, -0.15) is 5.10 Å². The third-order valence-electron chi connectivity index (χ3n) is 4.18. The Morgan fingerprint density at radius 1 is 1.17 bits per heavy atom. The fraction of sp³-hybridized carbons (Fsp3) is 0.227. The molecule has 0 bridgehead atoms. The van der Waals surface area contributed by atoms with Gasteiger partial charge in [0.15, 0.2) is 11.5 Å². The maximum absolute atomic E-state index is 11.8. The Hall–Kier alpha value is -3.61. The van der Waals surface area contributed by atoms with E-state index < -0.39 is 0 Å². The molecule has 7 heteroatoms. The second kappa shape index (κ2) is 9.54. The van der Waals surface area contributed by atoms with Crippen LogP contribution in [-0.2, 0) is 6.61 Å². The molecule has 0 aliphatic rings. The number of hydrogen-bond donors (Lipinski definition) is 2. The first kappa shape index (κ1) is 20.1. The molecule has 0 saturated carbocycles. The Bertz CT molecular complexity index is 1030. The molecule has 0 aliphatic carbocycles. The van der Waals surface area contributed by atoms with Crippen molar-refractivity contribution < 1.29 is 9.47 Å². The summed E-state index contributed by atoms with van der Waals surface area (Å²) in [6.07, 6.45) is 1.60. The highest BCUT2D eigenvalue weighted by molar-refractivity contribution is 5.85. The summed E-state index contributed by atoms with van der Waals surface area (Å²) >= 11 is 0. The van der Waals surface area contributed by atoms with E-state index >= 15 is 0 Å². The number of anilines is 1. The number of nitrogens with one attached hydrogen (secondary N) is 2. The molecule has 0 atom stereocenters. The lowest BCUT2D eigenvalue weighted by Crippen LogP contribution is -2.12. The molecule has 0 fully saturated rings. The monoisotopic (exact) mass is 392 g/mol. The van der Waals surface area contributed by atoms with Crippen LogP contribution in [0.2, 0.25) is 0 Å². The van der Waals surface area contributed by atoms with Gasteiger partial charge in [-0.1, -0.05) is 50.2 Å². The lowest BCUT2D eigenvalue weighted by molar-refractivity contribution is 0.284. The average Bonchev–Trinajstić information content (AvgIpc) is 2.73. The van der Waals surface area contributed by atoms with E-state index in [1.54, 1.807) is 13.3 Å². The number of H-pyrrole nitrogens is 1. The lowest BCUT2D eigenvalue weighted by atomic mass is 10.1. The fourth-order valence-electron chi connectivity index (χ4n) is 2.67. The first-order chi connectivity index (χ1) is 14.1. The van der Waals surface area contributed by atoms with Crippen molar-refractivity contribution in [3.8, 4) is 11.5 Å². The number of nitrogens with zero attached hydrogens (tertiary/aromatic N) is 2. The van der Waals surface area contributed by atoms with Crippen LogP contribution in [0.4, 0.5) is 5.95 Å². The van der Waals surface area contributed by atoms with Crippen molar-refractivity contribution in [1.29, 1.82) is 0 Å². The van der Waals surface area contributed by atoms with Gasteiger partial charge in [0.05, 0.1) is 19.0 Å². The lowest BCUT2D eigenvalue weighted by Gasteiger charge is -2.13. The standard InChI is InChI=1S/C22H24N4O3/c1-15(2)18-12-20(27)25-22(24-18)26-23-13-17-10-7-11-19(28-3)21(17)29-14-16-8-5-4-6-9-16/h4-13,15H,14H2,1-3H3,(H2,24,25,26,27)/b23-13-. The largest absolute Gasteiger partial charge is 0.493 e. The molecule has 29 heavy (non-hydrogen) atoms. The van der Waals surface area contributed by atoms with Crippen LogP contribution in [0.3, 0.4) is 0 Å². The molecule has 0 amide bonds. The maximum Gasteiger partial charge on any atom is 0.252 e. The van der Waals surface area contributed by atoms with Crippen molar-refractivity contribution in [2.45, 2.75) is 26.4 Å². The van der Waals surface area contributed by atoms with Crippen LogP contribution >= 0.6 is 0 Å². The van der Waals surface area contributed by atoms with Crippen molar-refractivity contribution in [1.82, 2.24) is 9.97 Å². The number of hydrazone groups is 1. The summed E-state index contributed by atoms with van der Waals surface area (Å²) in [5, 5.41) is 4.20. The van der Waals surface area contributed by atoms with Crippen molar-refractivity contribution in [3.05, 3.63) is 81.8 Å². The number of benzene rings is 2. The molecular weight excluding hydrogens is 368 g/mol. The van der Waals surface area contributed by atoms with E-state index in [1.165, 1.54) is 6.07 Å². The predicted molar refractivity (Wildman–Crippen MR) is 114 cm³/mol. The SMILES string of the molecule is COc1cccc(/C=N\Nc2nc(C(C)C)cc(=O)[nH]2)c1OCc1ccccc1. The zero-order valence-electron chi connectivity index (χ0n) is 16.7. The van der Waals surface area contributed by atoms with E-state index in [0.717, 1.165) is 11.1 Å². The summed E-state index contributed by atoms with van der Waals surface area (Å²) in [6.45, 7) is 4.35. The second-order valence-electron chi connectivity index (χ2n) is 6.70. The highest BCUT2D eigenvalue weighted by Crippen LogP contribution is 2.30. The number of hydrogen-bond acceptors (Lipinski definition) is 6. The normalized spacial score (nSPS) is 11.0. The Balaban J connectivity index is 1.79. The molecule has 0 radical (unpaired) electrons. The molecular formula is C22H24N4O3. The van der Waals surface area contributed by atoms with Crippen LogP contribution in [0.15, 0.2) is 64.5 Å². The summed E-state index contributed by atoms with van der Waals surface area (Å²) in [6, 6.07) is 16.9. The molecule has 0 aliphatic heterocycles. The van der Waals surface area contributed by atoms with Crippen LogP contribution in [0.1, 0.15) is 36.6 Å². The third-order valence-corrected chi connectivity index (χ3v) is 4.18. The maximum atomic E-state index is 11.8. The molecule has 0 saturated heterocycles. The van der Waals surface area contributed by atoms with Gasteiger partial charge in [-0.15, -0.1) is 0 Å². The van der Waals surface area contributed by atoms with Crippen molar-refractivity contribution >= 4 is 12.2 Å². The fourth-order valence-corrected chi connectivity index (χ4v) is 2.67. The Morgan fingerprint density at radius 3 is 2.69 bits per heavy atom. The summed E-state index contributed by atoms with van der Waals surface area (Å²) in [5.41, 5.74) is 5.02. The van der Waals surface area contributed by atoms with Crippen LogP contribution < -0.4 is 20.5 Å². The molecule has 1 heterocycles. The first-order valence-corrected chi connectivity index (χ1v) is 9.31. The minimum absolute atomic E-state index is 0.137. The number of methoxy groups -OCH3 is 1. The highest BCUT2D eigenvalue weighted by Gasteiger charge is 2.10. The van der Waals surface area contributed by atoms with Gasteiger partial charge in [0.2, 0.25) is 5.95 Å². The van der Waals surface area contributed by atoms with Crippen LogP contribution in [-0.4, -0.2) is 23.3 Å². The Kier molecular flexibility index (Phi) is 6.63. The minimum atomic E-state index is -0.227. The van der Waals surface area contributed by atoms with Gasteiger partial charge in [0.25, 0.3) is 5.56 Å². The van der Waals surface area contributed by atoms with Crippen molar-refractivity contribution in [3.63, 3.8) is 0 Å². The molecule has 3 rings (SSSR count). The summed E-state index contributed by atoms with van der Waals surface area (Å²) < 4.78 is 11.4. The van der Waals surface area contributed by atoms with Gasteiger partial charge in [-0.25, -0.2) is 10.4 Å². The first-order valence-electron chi connectivity index (χ1n) is 9.31. The Labute approximate surface area is 169 Å². The Morgan fingerprint density at radius 2 is 1.97 bits per heavy atom. The van der Waals surface area contributed by atoms with E-state index in [4.69, 9.17) is 9.47 Å². The number of aromatic nitrogens is 2. The van der Waals surface area contributed by atoms with Gasteiger partial charge in [0.1, 0.15) is 6.61 Å². The van der Waals surface area contributed by atoms with Gasteiger partial charge in [-0.05, 0) is 23.6 Å². The van der Waals surface area contributed by atoms with Gasteiger partial charge < -0.3 is 9.47 Å². The number of aromatic amines is 1. The zero-order valence-corrected chi connectivity index (χ0v) is 16.7. The minimum Gasteiger partial charge on any atom is -0.493 e. The van der Waals surface area contributed by atoms with Crippen LogP contribution in [0.25, 0.3) is 0 Å². The highest BCUT2D eigenvalue weighted by atomic mass is 16.5. The number of ether oxygens (including phenoxy) is 2. The summed E-state index contributed by atoms with van der Waals surface area (Å²) in [5.74, 6) is 1.62. The average molecular weight is 392 g/mol. The van der Waals surface area contributed by atoms with E-state index in [9.17, 15) is 4.79 Å². The smallest absolute Gasteiger partial charge is 0.252 e. The van der Waals surface area contributed by atoms with Gasteiger partial charge >= 0.3 is 0 Å². The number of para-hydroxylation sites is 1. The third kappa shape index (κ3) is 5.44. The van der Waals surface area contributed by atoms with Gasteiger partial charge in [0, 0.05) is 11.6 Å². The zero-order chi connectivity index (χ0) is 20.6. The molecule has 7 nitrogen and oxygen atoms in total. The topological polar surface area (TPSA) is 88.6 Å². The van der Waals surface area contributed by atoms with Gasteiger partial charge in [-0.3, -0.25) is 9.78 Å². The van der Waals surface area contributed by atoms with Crippen molar-refractivity contribution in [2.24, 2.45) is 5.10 Å². The summed E-state index contributed by atoms with van der Waals surface area (Å²) in [7, 11) is 1.59. The molecule has 0 unspecified atom stereocenters. The van der Waals surface area contributed by atoms with E-state index in [-0.39, 0.29) is 17.4 Å². The molecule has 150 valence electrons. The van der Waals surface area contributed by atoms with E-state index in [1.807, 2.05) is 62.4 Å². The second-order valence-corrected chi connectivity index (χ2v) is 6.70. The number of rotatable bonds is 8. The molecule has 2 aromatic carbocycles. The van der Waals surface area contributed by atoms with E-state index in [2.05, 4.69) is 20.5 Å². The van der Waals surface area contributed by atoms with Crippen molar-refractivity contribution in [2.75, 3.05) is 12.5 Å². The van der Waals surface area contributed by atoms with Crippen LogP contribution in [0.5, 0.6) is 11.5 Å². The molecule has 2 N–H and O–H groups in total. The predicted octanol–water partition coefficient (Wildman–Crippen LogP) is 3.93. The molecule has 0 spiro atoms. The molecule has 1 aromatic heterocycles.